The second-order valence-electron chi connectivity index (χ2n) is 4.97. The van der Waals surface area contributed by atoms with E-state index in [2.05, 4.69) is 21.8 Å². The Balaban J connectivity index is 2.06. The highest BCUT2D eigenvalue weighted by atomic mass is 15.2. The number of hydrogen-bond acceptors (Lipinski definition) is 4. The summed E-state index contributed by atoms with van der Waals surface area (Å²) >= 11 is 0. The number of anilines is 1. The molecule has 1 aromatic rings. The van der Waals surface area contributed by atoms with Crippen molar-refractivity contribution in [3.63, 3.8) is 0 Å². The lowest BCUT2D eigenvalue weighted by atomic mass is 10.2. The van der Waals surface area contributed by atoms with E-state index in [1.807, 2.05) is 13.1 Å². The first kappa shape index (κ1) is 12.8. The molecule has 0 aromatic carbocycles. The van der Waals surface area contributed by atoms with Gasteiger partial charge in [0.2, 0.25) is 0 Å². The molecule has 0 bridgehead atoms. The van der Waals surface area contributed by atoms with Gasteiger partial charge in [-0.1, -0.05) is 0 Å². The molecule has 98 valence electrons. The van der Waals surface area contributed by atoms with Crippen LogP contribution in [0.4, 0.5) is 5.82 Å². The van der Waals surface area contributed by atoms with Gasteiger partial charge in [0, 0.05) is 31.4 Å². The van der Waals surface area contributed by atoms with Gasteiger partial charge >= 0.3 is 0 Å². The van der Waals surface area contributed by atoms with Crippen LogP contribution in [0.1, 0.15) is 18.4 Å². The summed E-state index contributed by atoms with van der Waals surface area (Å²) < 4.78 is 0. The Morgan fingerprint density at radius 1 is 1.67 bits per heavy atom. The number of nitrogens with two attached hydrogens (primary N) is 1. The molecule has 3 N–H and O–H groups in total. The summed E-state index contributed by atoms with van der Waals surface area (Å²) in [5.41, 5.74) is 6.23. The third-order valence-corrected chi connectivity index (χ3v) is 3.60. The van der Waals surface area contributed by atoms with Gasteiger partial charge in [0.15, 0.2) is 0 Å². The normalized spacial score (nSPS) is 20.0. The molecular formula is C13H21N5. The summed E-state index contributed by atoms with van der Waals surface area (Å²) in [5, 5.41) is 7.45. The second kappa shape index (κ2) is 5.35. The molecule has 1 unspecified atom stereocenters. The van der Waals surface area contributed by atoms with E-state index in [9.17, 15) is 0 Å². The van der Waals surface area contributed by atoms with E-state index >= 15 is 0 Å². The van der Waals surface area contributed by atoms with Crippen molar-refractivity contribution < 1.29 is 0 Å². The first-order valence-electron chi connectivity index (χ1n) is 6.30. The lowest BCUT2D eigenvalue weighted by Crippen LogP contribution is -2.37. The molecule has 0 radical (unpaired) electrons. The minimum Gasteiger partial charge on any atom is -0.384 e. The van der Waals surface area contributed by atoms with Crippen LogP contribution >= 0.6 is 0 Å². The van der Waals surface area contributed by atoms with E-state index in [4.69, 9.17) is 11.1 Å². The monoisotopic (exact) mass is 247 g/mol. The summed E-state index contributed by atoms with van der Waals surface area (Å²) in [6, 6.07) is 4.23. The van der Waals surface area contributed by atoms with E-state index in [1.165, 1.54) is 19.4 Å². The lowest BCUT2D eigenvalue weighted by molar-refractivity contribution is 0.314. The van der Waals surface area contributed by atoms with E-state index in [0.717, 1.165) is 17.9 Å². The first-order chi connectivity index (χ1) is 8.58. The van der Waals surface area contributed by atoms with Crippen LogP contribution in [-0.2, 0) is 0 Å². The van der Waals surface area contributed by atoms with Crippen molar-refractivity contribution in [1.82, 2.24) is 9.88 Å². The number of aromatic nitrogens is 1. The Hall–Kier alpha value is -1.62. The van der Waals surface area contributed by atoms with Crippen molar-refractivity contribution in [1.29, 1.82) is 5.41 Å². The van der Waals surface area contributed by atoms with E-state index in [1.54, 1.807) is 12.3 Å². The number of pyridine rings is 1. The third kappa shape index (κ3) is 2.79. The Labute approximate surface area is 108 Å². The summed E-state index contributed by atoms with van der Waals surface area (Å²) in [7, 11) is 4.21. The minimum atomic E-state index is 0.0880. The predicted octanol–water partition coefficient (Wildman–Crippen LogP) is 0.896. The maximum absolute atomic E-state index is 7.45. The zero-order chi connectivity index (χ0) is 13.1. The molecule has 1 fully saturated rings. The number of amidine groups is 1. The van der Waals surface area contributed by atoms with Gasteiger partial charge in [-0.05, 0) is 38.6 Å². The van der Waals surface area contributed by atoms with Crippen molar-refractivity contribution in [2.75, 3.05) is 32.1 Å². The van der Waals surface area contributed by atoms with Gasteiger partial charge in [-0.15, -0.1) is 0 Å². The summed E-state index contributed by atoms with van der Waals surface area (Å²) in [6.45, 7) is 2.14. The smallest absolute Gasteiger partial charge is 0.128 e. The van der Waals surface area contributed by atoms with Crippen LogP contribution in [0, 0.1) is 5.41 Å². The molecule has 0 spiro atoms. The number of likely N-dealkylation sites (tertiary alicyclic amines) is 1. The van der Waals surface area contributed by atoms with Gasteiger partial charge in [-0.2, -0.15) is 0 Å². The fourth-order valence-corrected chi connectivity index (χ4v) is 2.41. The van der Waals surface area contributed by atoms with Crippen LogP contribution < -0.4 is 10.6 Å². The molecule has 0 saturated carbocycles. The number of likely N-dealkylation sites (N-methyl/N-ethyl adjacent to an activating group) is 2. The third-order valence-electron chi connectivity index (χ3n) is 3.60. The fourth-order valence-electron chi connectivity index (χ4n) is 2.41. The van der Waals surface area contributed by atoms with Crippen LogP contribution in [0.25, 0.3) is 0 Å². The highest BCUT2D eigenvalue weighted by Crippen LogP contribution is 2.18. The number of hydrogen-bond donors (Lipinski definition) is 2. The number of nitrogen functional groups attached to an aromatic ring is 1. The quantitative estimate of drug-likeness (QED) is 0.612. The molecule has 2 heterocycles. The Morgan fingerprint density at radius 2 is 2.44 bits per heavy atom. The molecule has 5 nitrogen and oxygen atoms in total. The average Bonchev–Trinajstić information content (AvgIpc) is 2.75. The van der Waals surface area contributed by atoms with Crippen LogP contribution in [0.2, 0.25) is 0 Å². The van der Waals surface area contributed by atoms with Gasteiger partial charge in [0.25, 0.3) is 0 Å². The van der Waals surface area contributed by atoms with Gasteiger partial charge in [0.1, 0.15) is 11.7 Å². The van der Waals surface area contributed by atoms with Crippen molar-refractivity contribution in [2.45, 2.75) is 18.9 Å². The van der Waals surface area contributed by atoms with E-state index in [0.29, 0.717) is 6.04 Å². The Kier molecular flexibility index (Phi) is 3.81. The molecule has 5 heteroatoms. The van der Waals surface area contributed by atoms with Crippen molar-refractivity contribution >= 4 is 11.7 Å². The SMILES string of the molecule is CN(CC1CCCN1C)c1cc(C(=N)N)ccn1. The topological polar surface area (TPSA) is 69.2 Å². The fraction of sp³-hybridized carbons (Fsp3) is 0.538. The van der Waals surface area contributed by atoms with Crippen molar-refractivity contribution in [3.8, 4) is 0 Å². The maximum Gasteiger partial charge on any atom is 0.128 e. The lowest BCUT2D eigenvalue weighted by Gasteiger charge is -2.26. The maximum atomic E-state index is 7.45. The van der Waals surface area contributed by atoms with Crippen LogP contribution in [0.5, 0.6) is 0 Å². The molecule has 1 aliphatic heterocycles. The Bertz CT molecular complexity index is 431. The van der Waals surface area contributed by atoms with Crippen molar-refractivity contribution in [2.24, 2.45) is 5.73 Å². The van der Waals surface area contributed by atoms with Gasteiger partial charge in [-0.25, -0.2) is 4.98 Å². The second-order valence-corrected chi connectivity index (χ2v) is 4.97. The zero-order valence-corrected chi connectivity index (χ0v) is 11.1. The highest BCUT2D eigenvalue weighted by Gasteiger charge is 2.22. The number of nitrogens with one attached hydrogen (secondary N) is 1. The molecule has 2 rings (SSSR count). The first-order valence-corrected chi connectivity index (χ1v) is 6.30. The zero-order valence-electron chi connectivity index (χ0n) is 11.1. The number of nitrogens with zero attached hydrogens (tertiary/aromatic N) is 3. The van der Waals surface area contributed by atoms with Crippen LogP contribution in [-0.4, -0.2) is 48.9 Å². The van der Waals surface area contributed by atoms with Gasteiger partial charge in [0.05, 0.1) is 0 Å². The summed E-state index contributed by atoms with van der Waals surface area (Å²) in [5.74, 6) is 0.966. The van der Waals surface area contributed by atoms with Gasteiger partial charge in [-0.3, -0.25) is 5.41 Å². The summed E-state index contributed by atoms with van der Waals surface area (Å²) in [6.07, 6.45) is 4.23. The highest BCUT2D eigenvalue weighted by molar-refractivity contribution is 5.95. The molecule has 1 aliphatic rings. The van der Waals surface area contributed by atoms with E-state index < -0.39 is 0 Å². The molecular weight excluding hydrogens is 226 g/mol. The van der Waals surface area contributed by atoms with Crippen LogP contribution in [0.15, 0.2) is 18.3 Å². The molecule has 0 aliphatic carbocycles. The van der Waals surface area contributed by atoms with Crippen molar-refractivity contribution in [3.05, 3.63) is 23.9 Å². The van der Waals surface area contributed by atoms with E-state index in [-0.39, 0.29) is 5.84 Å². The number of rotatable bonds is 4. The minimum absolute atomic E-state index is 0.0880. The standard InChI is InChI=1S/C13H21N5/c1-17-7-3-4-11(17)9-18(2)12-8-10(13(14)15)5-6-16-12/h5-6,8,11H,3-4,7,9H2,1-2H3,(H3,14,15). The largest absolute Gasteiger partial charge is 0.384 e. The average molecular weight is 247 g/mol. The molecule has 1 saturated heterocycles. The summed E-state index contributed by atoms with van der Waals surface area (Å²) in [4.78, 5) is 8.88. The van der Waals surface area contributed by atoms with Crippen LogP contribution in [0.3, 0.4) is 0 Å². The van der Waals surface area contributed by atoms with Gasteiger partial charge < -0.3 is 15.5 Å². The molecule has 18 heavy (non-hydrogen) atoms. The molecule has 1 atom stereocenters. The molecule has 0 amide bonds. The predicted molar refractivity (Wildman–Crippen MR) is 74.2 cm³/mol. The Morgan fingerprint density at radius 3 is 3.06 bits per heavy atom. The molecule has 1 aromatic heterocycles.